The van der Waals surface area contributed by atoms with Gasteiger partial charge in [-0.25, -0.2) is 4.79 Å². The Hall–Kier alpha value is -1.55. The van der Waals surface area contributed by atoms with Crippen LogP contribution in [0.2, 0.25) is 0 Å². The predicted molar refractivity (Wildman–Crippen MR) is 72.7 cm³/mol. The zero-order chi connectivity index (χ0) is 13.5. The SMILES string of the molecule is O=C(OCc1ccccc1)N1CCCC1CCCO. The van der Waals surface area contributed by atoms with E-state index in [2.05, 4.69) is 0 Å². The Kier molecular flexibility index (Phi) is 5.21. The summed E-state index contributed by atoms with van der Waals surface area (Å²) in [6, 6.07) is 9.93. The standard InChI is InChI=1S/C15H21NO3/c17-11-5-9-14-8-4-10-16(14)15(18)19-12-13-6-2-1-3-7-13/h1-3,6-7,14,17H,4-5,8-12H2. The van der Waals surface area contributed by atoms with Crippen molar-refractivity contribution in [3.05, 3.63) is 35.9 Å². The Bertz CT molecular complexity index is 394. The average molecular weight is 263 g/mol. The molecule has 4 nitrogen and oxygen atoms in total. The first-order valence-corrected chi connectivity index (χ1v) is 6.89. The van der Waals surface area contributed by atoms with Gasteiger partial charge in [0.1, 0.15) is 6.61 Å². The summed E-state index contributed by atoms with van der Waals surface area (Å²) in [4.78, 5) is 13.8. The molecule has 1 aromatic rings. The van der Waals surface area contributed by atoms with Crippen LogP contribution in [-0.4, -0.2) is 35.3 Å². The van der Waals surface area contributed by atoms with Crippen LogP contribution in [0.15, 0.2) is 30.3 Å². The molecule has 19 heavy (non-hydrogen) atoms. The molecule has 1 N–H and O–H groups in total. The Balaban J connectivity index is 1.82. The minimum absolute atomic E-state index is 0.184. The summed E-state index contributed by atoms with van der Waals surface area (Å²) in [5.74, 6) is 0. The number of aliphatic hydroxyl groups is 1. The second-order valence-electron chi connectivity index (χ2n) is 4.90. The van der Waals surface area contributed by atoms with Gasteiger partial charge in [0.05, 0.1) is 0 Å². The number of carbonyl (C=O) groups excluding carboxylic acids is 1. The van der Waals surface area contributed by atoms with E-state index >= 15 is 0 Å². The van der Waals surface area contributed by atoms with E-state index in [0.717, 1.165) is 37.8 Å². The lowest BCUT2D eigenvalue weighted by atomic mass is 10.1. The molecule has 1 saturated heterocycles. The van der Waals surface area contributed by atoms with Gasteiger partial charge in [0.25, 0.3) is 0 Å². The van der Waals surface area contributed by atoms with Crippen LogP contribution < -0.4 is 0 Å². The first-order chi connectivity index (χ1) is 9.31. The molecular weight excluding hydrogens is 242 g/mol. The van der Waals surface area contributed by atoms with Gasteiger partial charge in [-0.1, -0.05) is 30.3 Å². The molecule has 4 heteroatoms. The molecular formula is C15H21NO3. The van der Waals surface area contributed by atoms with Crippen molar-refractivity contribution in [1.29, 1.82) is 0 Å². The van der Waals surface area contributed by atoms with Crippen molar-refractivity contribution in [2.24, 2.45) is 0 Å². The molecule has 1 aromatic carbocycles. The van der Waals surface area contributed by atoms with Gasteiger partial charge in [0, 0.05) is 19.2 Å². The fourth-order valence-corrected chi connectivity index (χ4v) is 2.51. The minimum atomic E-state index is -0.232. The summed E-state index contributed by atoms with van der Waals surface area (Å²) in [7, 11) is 0. The van der Waals surface area contributed by atoms with E-state index in [0.29, 0.717) is 6.61 Å². The number of aliphatic hydroxyl groups excluding tert-OH is 1. The van der Waals surface area contributed by atoms with Crippen molar-refractivity contribution in [1.82, 2.24) is 4.90 Å². The number of ether oxygens (including phenoxy) is 1. The molecule has 0 bridgehead atoms. The second kappa shape index (κ2) is 7.14. The fraction of sp³-hybridized carbons (Fsp3) is 0.533. The zero-order valence-corrected chi connectivity index (χ0v) is 11.1. The van der Waals surface area contributed by atoms with Gasteiger partial charge < -0.3 is 14.7 Å². The topological polar surface area (TPSA) is 49.8 Å². The molecule has 1 amide bonds. The highest BCUT2D eigenvalue weighted by Crippen LogP contribution is 2.22. The monoisotopic (exact) mass is 263 g/mol. The van der Waals surface area contributed by atoms with E-state index in [1.54, 1.807) is 4.90 Å². The second-order valence-corrected chi connectivity index (χ2v) is 4.90. The van der Waals surface area contributed by atoms with E-state index in [-0.39, 0.29) is 18.7 Å². The van der Waals surface area contributed by atoms with Crippen molar-refractivity contribution in [3.63, 3.8) is 0 Å². The number of nitrogens with zero attached hydrogens (tertiary/aromatic N) is 1. The molecule has 2 rings (SSSR count). The fourth-order valence-electron chi connectivity index (χ4n) is 2.51. The van der Waals surface area contributed by atoms with Crippen LogP contribution in [-0.2, 0) is 11.3 Å². The summed E-state index contributed by atoms with van der Waals surface area (Å²) in [6.07, 6.45) is 3.41. The van der Waals surface area contributed by atoms with E-state index in [9.17, 15) is 4.79 Å². The van der Waals surface area contributed by atoms with E-state index in [4.69, 9.17) is 9.84 Å². The summed E-state index contributed by atoms with van der Waals surface area (Å²) in [5.41, 5.74) is 1.00. The Labute approximate surface area is 114 Å². The maximum Gasteiger partial charge on any atom is 0.410 e. The van der Waals surface area contributed by atoms with E-state index < -0.39 is 0 Å². The number of hydrogen-bond donors (Lipinski definition) is 1. The minimum Gasteiger partial charge on any atom is -0.445 e. The van der Waals surface area contributed by atoms with Gasteiger partial charge in [0.2, 0.25) is 0 Å². The molecule has 1 atom stereocenters. The predicted octanol–water partition coefficient (Wildman–Crippen LogP) is 2.56. The van der Waals surface area contributed by atoms with E-state index in [1.165, 1.54) is 0 Å². The first-order valence-electron chi connectivity index (χ1n) is 6.89. The van der Waals surface area contributed by atoms with Crippen LogP contribution in [0.3, 0.4) is 0 Å². The highest BCUT2D eigenvalue weighted by molar-refractivity contribution is 5.68. The summed E-state index contributed by atoms with van der Waals surface area (Å²) in [5, 5.41) is 8.87. The summed E-state index contributed by atoms with van der Waals surface area (Å²) >= 11 is 0. The zero-order valence-electron chi connectivity index (χ0n) is 11.1. The maximum atomic E-state index is 12.0. The van der Waals surface area contributed by atoms with Gasteiger partial charge in [-0.2, -0.15) is 0 Å². The quantitative estimate of drug-likeness (QED) is 0.888. The van der Waals surface area contributed by atoms with Crippen molar-refractivity contribution in [3.8, 4) is 0 Å². The Morgan fingerprint density at radius 1 is 1.37 bits per heavy atom. The van der Waals surface area contributed by atoms with Crippen molar-refractivity contribution in [2.45, 2.75) is 38.3 Å². The molecule has 104 valence electrons. The van der Waals surface area contributed by atoms with E-state index in [1.807, 2.05) is 30.3 Å². The third-order valence-corrected chi connectivity index (χ3v) is 3.51. The first kappa shape index (κ1) is 13.9. The van der Waals surface area contributed by atoms with Crippen molar-refractivity contribution >= 4 is 6.09 Å². The molecule has 1 fully saturated rings. The van der Waals surface area contributed by atoms with Crippen LogP contribution in [0.25, 0.3) is 0 Å². The van der Waals surface area contributed by atoms with Crippen LogP contribution in [0, 0.1) is 0 Å². The smallest absolute Gasteiger partial charge is 0.410 e. The van der Waals surface area contributed by atoms with Crippen LogP contribution >= 0.6 is 0 Å². The van der Waals surface area contributed by atoms with Gasteiger partial charge in [-0.05, 0) is 31.2 Å². The third kappa shape index (κ3) is 3.96. The molecule has 1 unspecified atom stereocenters. The number of hydrogen-bond acceptors (Lipinski definition) is 3. The molecule has 0 radical (unpaired) electrons. The van der Waals surface area contributed by atoms with Crippen LogP contribution in [0.1, 0.15) is 31.2 Å². The highest BCUT2D eigenvalue weighted by atomic mass is 16.6. The van der Waals surface area contributed by atoms with Gasteiger partial charge in [-0.3, -0.25) is 0 Å². The Morgan fingerprint density at radius 2 is 2.16 bits per heavy atom. The lowest BCUT2D eigenvalue weighted by Gasteiger charge is -2.23. The number of carbonyl (C=O) groups is 1. The maximum absolute atomic E-state index is 12.0. The van der Waals surface area contributed by atoms with Crippen molar-refractivity contribution in [2.75, 3.05) is 13.2 Å². The molecule has 0 aromatic heterocycles. The number of amides is 1. The lowest BCUT2D eigenvalue weighted by molar-refractivity contribution is 0.0895. The Morgan fingerprint density at radius 3 is 2.89 bits per heavy atom. The lowest BCUT2D eigenvalue weighted by Crippen LogP contribution is -2.36. The molecule has 1 aliphatic rings. The third-order valence-electron chi connectivity index (χ3n) is 3.51. The number of rotatable bonds is 5. The van der Waals surface area contributed by atoms with Crippen molar-refractivity contribution < 1.29 is 14.6 Å². The van der Waals surface area contributed by atoms with Gasteiger partial charge in [-0.15, -0.1) is 0 Å². The molecule has 1 aliphatic heterocycles. The average Bonchev–Trinajstić information content (AvgIpc) is 2.92. The summed E-state index contributed by atoms with van der Waals surface area (Å²) < 4.78 is 5.35. The molecule has 1 heterocycles. The molecule has 0 spiro atoms. The normalized spacial score (nSPS) is 18.6. The van der Waals surface area contributed by atoms with Crippen LogP contribution in [0.4, 0.5) is 4.79 Å². The number of likely N-dealkylation sites (tertiary alicyclic amines) is 1. The largest absolute Gasteiger partial charge is 0.445 e. The summed E-state index contributed by atoms with van der Waals surface area (Å²) in [6.45, 7) is 1.27. The molecule has 0 aliphatic carbocycles. The highest BCUT2D eigenvalue weighted by Gasteiger charge is 2.29. The van der Waals surface area contributed by atoms with Gasteiger partial charge in [0.15, 0.2) is 0 Å². The molecule has 0 saturated carbocycles. The number of benzene rings is 1. The van der Waals surface area contributed by atoms with Gasteiger partial charge >= 0.3 is 6.09 Å². The van der Waals surface area contributed by atoms with Crippen LogP contribution in [0.5, 0.6) is 0 Å².